The van der Waals surface area contributed by atoms with Gasteiger partial charge in [0.1, 0.15) is 5.75 Å². The lowest BCUT2D eigenvalue weighted by atomic mass is 10.1. The minimum Gasteiger partial charge on any atom is -0.497 e. The molecule has 0 radical (unpaired) electrons. The summed E-state index contributed by atoms with van der Waals surface area (Å²) in [6.07, 6.45) is 0.875. The van der Waals surface area contributed by atoms with Crippen molar-refractivity contribution in [3.05, 3.63) is 60.2 Å². The summed E-state index contributed by atoms with van der Waals surface area (Å²) in [7, 11) is -1.83. The van der Waals surface area contributed by atoms with Gasteiger partial charge in [0.2, 0.25) is 0 Å². The first kappa shape index (κ1) is 19.4. The van der Waals surface area contributed by atoms with Crippen molar-refractivity contribution in [3.8, 4) is 5.75 Å². The molecule has 0 fully saturated rings. The molecule has 2 rings (SSSR count). The van der Waals surface area contributed by atoms with Crippen LogP contribution in [0.15, 0.2) is 59.5 Å². The van der Waals surface area contributed by atoms with Crippen molar-refractivity contribution in [2.24, 2.45) is 5.73 Å². The van der Waals surface area contributed by atoms with Gasteiger partial charge in [-0.25, -0.2) is 8.42 Å². The first-order valence-electron chi connectivity index (χ1n) is 8.38. The standard InChI is InChI=1S/C19H26N2O3S/c1-24-18-8-5-9-19(16-18)25(22,23)15-14-21(13-11-20)12-10-17-6-3-2-4-7-17/h2-9,16H,10-15,20H2,1H3. The Kier molecular flexibility index (Phi) is 7.43. The summed E-state index contributed by atoms with van der Waals surface area (Å²) in [5.41, 5.74) is 6.92. The zero-order chi connectivity index (χ0) is 18.1. The predicted molar refractivity (Wildman–Crippen MR) is 101 cm³/mol. The van der Waals surface area contributed by atoms with Gasteiger partial charge in [-0.2, -0.15) is 0 Å². The second kappa shape index (κ2) is 9.56. The van der Waals surface area contributed by atoms with E-state index in [2.05, 4.69) is 17.0 Å². The highest BCUT2D eigenvalue weighted by atomic mass is 32.2. The van der Waals surface area contributed by atoms with Gasteiger partial charge in [0, 0.05) is 26.2 Å². The largest absolute Gasteiger partial charge is 0.497 e. The van der Waals surface area contributed by atoms with Crippen molar-refractivity contribution in [3.63, 3.8) is 0 Å². The maximum atomic E-state index is 12.6. The van der Waals surface area contributed by atoms with E-state index < -0.39 is 9.84 Å². The lowest BCUT2D eigenvalue weighted by molar-refractivity contribution is 0.300. The molecular formula is C19H26N2O3S. The molecule has 136 valence electrons. The van der Waals surface area contributed by atoms with Gasteiger partial charge < -0.3 is 15.4 Å². The van der Waals surface area contributed by atoms with Gasteiger partial charge in [-0.3, -0.25) is 0 Å². The first-order chi connectivity index (χ1) is 12.0. The molecule has 0 aromatic heterocycles. The zero-order valence-corrected chi connectivity index (χ0v) is 15.4. The van der Waals surface area contributed by atoms with Crippen molar-refractivity contribution < 1.29 is 13.2 Å². The van der Waals surface area contributed by atoms with Crippen LogP contribution in [0.2, 0.25) is 0 Å². The van der Waals surface area contributed by atoms with Crippen LogP contribution in [0.1, 0.15) is 5.56 Å². The SMILES string of the molecule is COc1cccc(S(=O)(=O)CCN(CCN)CCc2ccccc2)c1. The van der Waals surface area contributed by atoms with Gasteiger partial charge in [-0.05, 0) is 30.2 Å². The van der Waals surface area contributed by atoms with Gasteiger partial charge in [-0.1, -0.05) is 36.4 Å². The van der Waals surface area contributed by atoms with Crippen molar-refractivity contribution in [1.82, 2.24) is 4.90 Å². The smallest absolute Gasteiger partial charge is 0.179 e. The second-order valence-electron chi connectivity index (χ2n) is 5.86. The van der Waals surface area contributed by atoms with Gasteiger partial charge in [0.15, 0.2) is 9.84 Å². The van der Waals surface area contributed by atoms with E-state index in [9.17, 15) is 8.42 Å². The van der Waals surface area contributed by atoms with Gasteiger partial charge >= 0.3 is 0 Å². The van der Waals surface area contributed by atoms with E-state index in [0.717, 1.165) is 13.0 Å². The average Bonchev–Trinajstić information content (AvgIpc) is 2.65. The maximum Gasteiger partial charge on any atom is 0.179 e. The molecule has 25 heavy (non-hydrogen) atoms. The summed E-state index contributed by atoms with van der Waals surface area (Å²) in [6.45, 7) is 2.44. The highest BCUT2D eigenvalue weighted by Gasteiger charge is 2.17. The van der Waals surface area contributed by atoms with Crippen molar-refractivity contribution >= 4 is 9.84 Å². The van der Waals surface area contributed by atoms with Crippen LogP contribution in [-0.4, -0.2) is 52.4 Å². The topological polar surface area (TPSA) is 72.6 Å². The molecule has 2 aromatic rings. The predicted octanol–water partition coefficient (Wildman–Crippen LogP) is 1.97. The van der Waals surface area contributed by atoms with Crippen LogP contribution in [0, 0.1) is 0 Å². The quantitative estimate of drug-likeness (QED) is 0.700. The molecule has 0 spiro atoms. The van der Waals surface area contributed by atoms with Crippen LogP contribution in [0.5, 0.6) is 5.75 Å². The van der Waals surface area contributed by atoms with E-state index in [1.165, 1.54) is 12.7 Å². The van der Waals surface area contributed by atoms with E-state index in [-0.39, 0.29) is 5.75 Å². The van der Waals surface area contributed by atoms with Crippen LogP contribution >= 0.6 is 0 Å². The third kappa shape index (κ3) is 6.16. The number of hydrogen-bond donors (Lipinski definition) is 1. The monoisotopic (exact) mass is 362 g/mol. The number of nitrogens with two attached hydrogens (primary N) is 1. The fourth-order valence-corrected chi connectivity index (χ4v) is 3.93. The third-order valence-electron chi connectivity index (χ3n) is 4.08. The Hall–Kier alpha value is -1.89. The molecule has 0 unspecified atom stereocenters. The van der Waals surface area contributed by atoms with Crippen LogP contribution in [-0.2, 0) is 16.3 Å². The van der Waals surface area contributed by atoms with Crippen molar-refractivity contribution in [2.75, 3.05) is 39.0 Å². The molecule has 0 aliphatic rings. The fraction of sp³-hybridized carbons (Fsp3) is 0.368. The van der Waals surface area contributed by atoms with E-state index in [4.69, 9.17) is 10.5 Å². The number of methoxy groups -OCH3 is 1. The Morgan fingerprint density at radius 2 is 1.76 bits per heavy atom. The molecule has 2 N–H and O–H groups in total. The first-order valence-corrected chi connectivity index (χ1v) is 10.0. The summed E-state index contributed by atoms with van der Waals surface area (Å²) in [4.78, 5) is 2.40. The van der Waals surface area contributed by atoms with Gasteiger partial charge in [0.05, 0.1) is 17.8 Å². The molecule has 0 aliphatic carbocycles. The van der Waals surface area contributed by atoms with Crippen LogP contribution in [0.3, 0.4) is 0 Å². The van der Waals surface area contributed by atoms with E-state index in [0.29, 0.717) is 30.3 Å². The van der Waals surface area contributed by atoms with E-state index in [1.807, 2.05) is 18.2 Å². The molecule has 0 amide bonds. The molecule has 2 aromatic carbocycles. The molecular weight excluding hydrogens is 336 g/mol. The summed E-state index contributed by atoms with van der Waals surface area (Å²) >= 11 is 0. The van der Waals surface area contributed by atoms with E-state index in [1.54, 1.807) is 24.3 Å². The lowest BCUT2D eigenvalue weighted by Crippen LogP contribution is -2.35. The minimum atomic E-state index is -3.35. The summed E-state index contributed by atoms with van der Waals surface area (Å²) < 4.78 is 30.2. The number of hydrogen-bond acceptors (Lipinski definition) is 5. The number of benzene rings is 2. The normalized spacial score (nSPS) is 11.6. The molecule has 0 saturated heterocycles. The maximum absolute atomic E-state index is 12.6. The molecule has 0 saturated carbocycles. The minimum absolute atomic E-state index is 0.0644. The molecule has 0 heterocycles. The van der Waals surface area contributed by atoms with Crippen molar-refractivity contribution in [1.29, 1.82) is 0 Å². The van der Waals surface area contributed by atoms with Crippen LogP contribution < -0.4 is 10.5 Å². The second-order valence-corrected chi connectivity index (χ2v) is 7.97. The summed E-state index contributed by atoms with van der Waals surface area (Å²) in [5, 5.41) is 0. The number of nitrogens with zero attached hydrogens (tertiary/aromatic N) is 1. The van der Waals surface area contributed by atoms with Crippen molar-refractivity contribution in [2.45, 2.75) is 11.3 Å². The fourth-order valence-electron chi connectivity index (χ4n) is 2.61. The summed E-state index contributed by atoms with van der Waals surface area (Å²) in [6, 6.07) is 16.8. The Bertz CT molecular complexity index is 748. The number of rotatable bonds is 10. The molecule has 6 heteroatoms. The highest BCUT2D eigenvalue weighted by Crippen LogP contribution is 2.18. The molecule has 0 aliphatic heterocycles. The molecule has 0 atom stereocenters. The van der Waals surface area contributed by atoms with Gasteiger partial charge in [0.25, 0.3) is 0 Å². The van der Waals surface area contributed by atoms with Crippen LogP contribution in [0.25, 0.3) is 0 Å². The Balaban J connectivity index is 1.96. The summed E-state index contributed by atoms with van der Waals surface area (Å²) in [5.74, 6) is 0.610. The van der Waals surface area contributed by atoms with Gasteiger partial charge in [-0.15, -0.1) is 0 Å². The van der Waals surface area contributed by atoms with Crippen LogP contribution in [0.4, 0.5) is 0 Å². The molecule has 0 bridgehead atoms. The number of sulfone groups is 1. The Morgan fingerprint density at radius 1 is 1.00 bits per heavy atom. The van der Waals surface area contributed by atoms with E-state index >= 15 is 0 Å². The Labute approximate surface area is 150 Å². The zero-order valence-electron chi connectivity index (χ0n) is 14.6. The molecule has 5 nitrogen and oxygen atoms in total. The number of ether oxygens (including phenoxy) is 1. The lowest BCUT2D eigenvalue weighted by Gasteiger charge is -2.21. The average molecular weight is 362 g/mol. The third-order valence-corrected chi connectivity index (χ3v) is 5.77. The highest BCUT2D eigenvalue weighted by molar-refractivity contribution is 7.91. The Morgan fingerprint density at radius 3 is 2.44 bits per heavy atom.